The summed E-state index contributed by atoms with van der Waals surface area (Å²) < 4.78 is 28.2. The van der Waals surface area contributed by atoms with Crippen LogP contribution in [0.5, 0.6) is 5.88 Å². The molecule has 0 N–H and O–H groups in total. The van der Waals surface area contributed by atoms with Crippen molar-refractivity contribution in [2.24, 2.45) is 0 Å². The summed E-state index contributed by atoms with van der Waals surface area (Å²) in [5.74, 6) is 1.39. The summed E-state index contributed by atoms with van der Waals surface area (Å²) >= 11 is 0. The van der Waals surface area contributed by atoms with Crippen molar-refractivity contribution in [2.45, 2.75) is 38.1 Å². The number of benzene rings is 1. The molecule has 6 heteroatoms. The number of likely N-dealkylation sites (tertiary alicyclic amines) is 1. The normalized spacial score (nSPS) is 17.4. The van der Waals surface area contributed by atoms with E-state index in [9.17, 15) is 8.42 Å². The third-order valence-electron chi connectivity index (χ3n) is 5.47. The van der Waals surface area contributed by atoms with E-state index >= 15 is 0 Å². The molecule has 2 aromatic rings. The lowest BCUT2D eigenvalue weighted by atomic mass is 9.92. The summed E-state index contributed by atoms with van der Waals surface area (Å²) in [5.41, 5.74) is 3.48. The van der Waals surface area contributed by atoms with Crippen molar-refractivity contribution in [1.29, 1.82) is 0 Å². The van der Waals surface area contributed by atoms with Gasteiger partial charge in [0.25, 0.3) is 0 Å². The molecule has 0 radical (unpaired) electrons. The van der Waals surface area contributed by atoms with Gasteiger partial charge < -0.3 is 4.74 Å². The highest BCUT2D eigenvalue weighted by Crippen LogP contribution is 2.28. The highest BCUT2D eigenvalue weighted by atomic mass is 32.2. The Balaban J connectivity index is 1.53. The predicted octanol–water partition coefficient (Wildman–Crippen LogP) is 3.62. The molecule has 5 nitrogen and oxygen atoms in total. The van der Waals surface area contributed by atoms with Crippen LogP contribution in [0.1, 0.15) is 48.4 Å². The summed E-state index contributed by atoms with van der Waals surface area (Å²) in [6, 6.07) is 14.4. The van der Waals surface area contributed by atoms with Gasteiger partial charge in [-0.2, -0.15) is 0 Å². The maximum Gasteiger partial charge on any atom is 0.213 e. The molecule has 1 aliphatic heterocycles. The fourth-order valence-electron chi connectivity index (χ4n) is 3.92. The number of hydrogen-bond acceptors (Lipinski definition) is 5. The van der Waals surface area contributed by atoms with Crippen molar-refractivity contribution in [2.75, 3.05) is 32.2 Å². The molecule has 0 bridgehead atoms. The molecule has 152 valence electrons. The van der Waals surface area contributed by atoms with Crippen molar-refractivity contribution >= 4 is 9.84 Å². The van der Waals surface area contributed by atoms with Gasteiger partial charge in [-0.05, 0) is 49.0 Å². The van der Waals surface area contributed by atoms with Crippen LogP contribution in [-0.4, -0.2) is 50.5 Å². The Kier molecular flexibility index (Phi) is 6.73. The second-order valence-electron chi connectivity index (χ2n) is 7.89. The molecule has 0 amide bonds. The minimum absolute atomic E-state index is 0.0233. The molecule has 1 aliphatic rings. The molecular weight excluding hydrogens is 372 g/mol. The zero-order valence-electron chi connectivity index (χ0n) is 17.0. The largest absolute Gasteiger partial charge is 0.481 e. The molecule has 1 aromatic heterocycles. The second-order valence-corrected chi connectivity index (χ2v) is 10.1. The average Bonchev–Trinajstić information content (AvgIpc) is 2.68. The number of pyridine rings is 1. The molecular formula is C22H30N2O3S. The fraction of sp³-hybridized carbons (Fsp3) is 0.500. The van der Waals surface area contributed by atoms with E-state index in [1.54, 1.807) is 7.11 Å². The van der Waals surface area contributed by atoms with E-state index in [1.165, 1.54) is 11.8 Å². The molecule has 1 aromatic carbocycles. The Labute approximate surface area is 168 Å². The number of piperidine rings is 1. The standard InChI is InChI=1S/C22H30N2O3S/c1-17(16-28(3,25)26)19-9-7-18(8-10-19)15-24-13-11-20(12-14-24)21-5-4-6-22(23-21)27-2/h4-10,17,20H,11-16H2,1-3H3/t17-/m0/s1. The molecule has 1 saturated heterocycles. The number of rotatable bonds is 7. The Hall–Kier alpha value is -1.92. The fourth-order valence-corrected chi connectivity index (χ4v) is 5.02. The third-order valence-corrected chi connectivity index (χ3v) is 6.57. The van der Waals surface area contributed by atoms with Gasteiger partial charge in [-0.3, -0.25) is 4.90 Å². The number of methoxy groups -OCH3 is 1. The number of ether oxygens (including phenoxy) is 1. The number of hydrogen-bond donors (Lipinski definition) is 0. The number of aromatic nitrogens is 1. The van der Waals surface area contributed by atoms with Gasteiger partial charge in [0.1, 0.15) is 9.84 Å². The van der Waals surface area contributed by atoms with Crippen LogP contribution < -0.4 is 4.74 Å². The molecule has 1 fully saturated rings. The monoisotopic (exact) mass is 402 g/mol. The topological polar surface area (TPSA) is 59.5 Å². The Morgan fingerprint density at radius 1 is 1.14 bits per heavy atom. The lowest BCUT2D eigenvalue weighted by Gasteiger charge is -2.31. The summed E-state index contributed by atoms with van der Waals surface area (Å²) in [5, 5.41) is 0. The first-order valence-corrected chi connectivity index (χ1v) is 11.9. The van der Waals surface area contributed by atoms with Gasteiger partial charge in [-0.25, -0.2) is 13.4 Å². The zero-order valence-corrected chi connectivity index (χ0v) is 17.8. The molecule has 0 aliphatic carbocycles. The molecule has 28 heavy (non-hydrogen) atoms. The number of nitrogens with zero attached hydrogens (tertiary/aromatic N) is 2. The SMILES string of the molecule is COc1cccc(C2CCN(Cc3ccc([C@@H](C)CS(C)(=O)=O)cc3)CC2)n1. The van der Waals surface area contributed by atoms with E-state index in [0.717, 1.165) is 43.7 Å². The first kappa shape index (κ1) is 20.8. The van der Waals surface area contributed by atoms with E-state index in [0.29, 0.717) is 11.8 Å². The van der Waals surface area contributed by atoms with Gasteiger partial charge in [-0.1, -0.05) is 37.3 Å². The summed E-state index contributed by atoms with van der Waals surface area (Å²) in [4.78, 5) is 7.07. The van der Waals surface area contributed by atoms with Gasteiger partial charge in [0.2, 0.25) is 5.88 Å². The van der Waals surface area contributed by atoms with E-state index in [-0.39, 0.29) is 11.7 Å². The minimum atomic E-state index is -2.96. The zero-order chi connectivity index (χ0) is 20.1. The highest BCUT2D eigenvalue weighted by Gasteiger charge is 2.22. The molecule has 3 rings (SSSR count). The van der Waals surface area contributed by atoms with Crippen molar-refractivity contribution in [3.05, 3.63) is 59.3 Å². The lowest BCUT2D eigenvalue weighted by molar-refractivity contribution is 0.203. The van der Waals surface area contributed by atoms with Gasteiger partial charge in [0.15, 0.2) is 0 Å². The first-order valence-electron chi connectivity index (χ1n) is 9.84. The predicted molar refractivity (Wildman–Crippen MR) is 113 cm³/mol. The van der Waals surface area contributed by atoms with E-state index in [2.05, 4.69) is 40.2 Å². The third kappa shape index (κ3) is 5.79. The Morgan fingerprint density at radius 2 is 1.82 bits per heavy atom. The Bertz CT molecular complexity index is 873. The van der Waals surface area contributed by atoms with E-state index in [4.69, 9.17) is 4.74 Å². The van der Waals surface area contributed by atoms with Gasteiger partial charge >= 0.3 is 0 Å². The summed E-state index contributed by atoms with van der Waals surface area (Å²) in [6.07, 6.45) is 3.50. The maximum atomic E-state index is 11.5. The van der Waals surface area contributed by atoms with Gasteiger partial charge in [0.05, 0.1) is 12.9 Å². The van der Waals surface area contributed by atoms with E-state index in [1.807, 2.05) is 19.1 Å². The average molecular weight is 403 g/mol. The quantitative estimate of drug-likeness (QED) is 0.708. The first-order chi connectivity index (χ1) is 13.3. The minimum Gasteiger partial charge on any atom is -0.481 e. The van der Waals surface area contributed by atoms with Gasteiger partial charge in [0, 0.05) is 30.5 Å². The van der Waals surface area contributed by atoms with Crippen molar-refractivity contribution in [1.82, 2.24) is 9.88 Å². The van der Waals surface area contributed by atoms with Crippen molar-refractivity contribution < 1.29 is 13.2 Å². The van der Waals surface area contributed by atoms with Crippen molar-refractivity contribution in [3.8, 4) is 5.88 Å². The molecule has 0 saturated carbocycles. The van der Waals surface area contributed by atoms with Crippen LogP contribution in [0.4, 0.5) is 0 Å². The molecule has 2 heterocycles. The van der Waals surface area contributed by atoms with Crippen LogP contribution in [0.2, 0.25) is 0 Å². The Morgan fingerprint density at radius 3 is 2.43 bits per heavy atom. The van der Waals surface area contributed by atoms with Crippen molar-refractivity contribution in [3.63, 3.8) is 0 Å². The van der Waals surface area contributed by atoms with Crippen LogP contribution in [0, 0.1) is 0 Å². The highest BCUT2D eigenvalue weighted by molar-refractivity contribution is 7.90. The second kappa shape index (κ2) is 9.05. The maximum absolute atomic E-state index is 11.5. The van der Waals surface area contributed by atoms with Crippen LogP contribution >= 0.6 is 0 Å². The molecule has 0 spiro atoms. The van der Waals surface area contributed by atoms with Crippen LogP contribution in [-0.2, 0) is 16.4 Å². The lowest BCUT2D eigenvalue weighted by Crippen LogP contribution is -2.32. The molecule has 0 unspecified atom stereocenters. The molecule has 1 atom stereocenters. The smallest absolute Gasteiger partial charge is 0.213 e. The summed E-state index contributed by atoms with van der Waals surface area (Å²) in [7, 11) is -1.30. The van der Waals surface area contributed by atoms with Crippen LogP contribution in [0.15, 0.2) is 42.5 Å². The van der Waals surface area contributed by atoms with Gasteiger partial charge in [-0.15, -0.1) is 0 Å². The van der Waals surface area contributed by atoms with Crippen LogP contribution in [0.25, 0.3) is 0 Å². The van der Waals surface area contributed by atoms with Crippen LogP contribution in [0.3, 0.4) is 0 Å². The van der Waals surface area contributed by atoms with E-state index < -0.39 is 9.84 Å². The number of sulfone groups is 1. The summed E-state index contributed by atoms with van der Waals surface area (Å²) in [6.45, 7) is 5.00.